The second-order valence-corrected chi connectivity index (χ2v) is 10.8. The summed E-state index contributed by atoms with van der Waals surface area (Å²) in [6.07, 6.45) is 3.01. The number of likely N-dealkylation sites (tertiary alicyclic amines) is 1. The Labute approximate surface area is 199 Å². The number of hydrogen-bond donors (Lipinski definition) is 1. The van der Waals surface area contributed by atoms with Crippen LogP contribution in [0.2, 0.25) is 0 Å². The standard InChI is InChI=1S/C25H24N4O2S2/c1-14-3-5-16(6-4-14)18-7-9-32-22(18)24(31)29-13-17-11-19(17)20(29)12-26-23(30)21-15(2)27-25-28(21)8-10-33-25/h3-10,17,19-20H,11-13H2,1-2H3,(H,26,30)/t17-,19-,20+/m0/s1. The number of hydrogen-bond acceptors (Lipinski definition) is 5. The van der Waals surface area contributed by atoms with E-state index >= 15 is 0 Å². The summed E-state index contributed by atoms with van der Waals surface area (Å²) in [4.78, 5) is 34.7. The summed E-state index contributed by atoms with van der Waals surface area (Å²) in [5, 5.41) is 7.02. The number of carbonyl (C=O) groups excluding carboxylic acids is 2. The first-order chi connectivity index (χ1) is 16.0. The smallest absolute Gasteiger partial charge is 0.270 e. The third-order valence-electron chi connectivity index (χ3n) is 6.91. The van der Waals surface area contributed by atoms with E-state index < -0.39 is 0 Å². The van der Waals surface area contributed by atoms with Crippen molar-refractivity contribution in [2.75, 3.05) is 13.1 Å². The summed E-state index contributed by atoms with van der Waals surface area (Å²) in [5.74, 6) is 0.975. The van der Waals surface area contributed by atoms with Gasteiger partial charge < -0.3 is 10.2 Å². The number of benzene rings is 1. The Morgan fingerprint density at radius 2 is 1.94 bits per heavy atom. The van der Waals surface area contributed by atoms with Crippen molar-refractivity contribution in [2.45, 2.75) is 26.3 Å². The minimum Gasteiger partial charge on any atom is -0.349 e. The molecule has 33 heavy (non-hydrogen) atoms. The zero-order chi connectivity index (χ0) is 22.7. The van der Waals surface area contributed by atoms with Gasteiger partial charge in [-0.3, -0.25) is 14.0 Å². The molecule has 6 rings (SSSR count). The van der Waals surface area contributed by atoms with Crippen molar-refractivity contribution in [3.8, 4) is 11.1 Å². The number of thiazole rings is 1. The van der Waals surface area contributed by atoms with Gasteiger partial charge in [0.2, 0.25) is 0 Å². The van der Waals surface area contributed by atoms with Gasteiger partial charge in [-0.05, 0) is 49.1 Å². The minimum atomic E-state index is -0.133. The molecule has 3 aromatic heterocycles. The van der Waals surface area contributed by atoms with Crippen LogP contribution >= 0.6 is 22.7 Å². The van der Waals surface area contributed by atoms with Crippen LogP contribution in [0.1, 0.15) is 37.8 Å². The topological polar surface area (TPSA) is 66.7 Å². The number of rotatable bonds is 5. The molecular weight excluding hydrogens is 452 g/mol. The van der Waals surface area contributed by atoms with Crippen molar-refractivity contribution in [1.82, 2.24) is 19.6 Å². The first kappa shape index (κ1) is 20.6. The van der Waals surface area contributed by atoms with E-state index in [0.717, 1.165) is 39.6 Å². The van der Waals surface area contributed by atoms with Crippen LogP contribution in [-0.4, -0.2) is 45.2 Å². The molecule has 2 fully saturated rings. The van der Waals surface area contributed by atoms with Crippen molar-refractivity contribution in [2.24, 2.45) is 11.8 Å². The molecule has 1 aromatic carbocycles. The molecule has 4 aromatic rings. The number of carbonyl (C=O) groups is 2. The molecule has 1 N–H and O–H groups in total. The van der Waals surface area contributed by atoms with Gasteiger partial charge >= 0.3 is 0 Å². The van der Waals surface area contributed by atoms with E-state index in [1.165, 1.54) is 28.2 Å². The van der Waals surface area contributed by atoms with E-state index in [0.29, 0.717) is 24.1 Å². The summed E-state index contributed by atoms with van der Waals surface area (Å²) < 4.78 is 1.84. The molecule has 6 nitrogen and oxygen atoms in total. The summed E-state index contributed by atoms with van der Waals surface area (Å²) in [6, 6.07) is 10.4. The highest BCUT2D eigenvalue weighted by atomic mass is 32.1. The van der Waals surface area contributed by atoms with Crippen LogP contribution in [0.3, 0.4) is 0 Å². The van der Waals surface area contributed by atoms with Crippen molar-refractivity contribution < 1.29 is 9.59 Å². The third kappa shape index (κ3) is 3.48. The van der Waals surface area contributed by atoms with Crippen LogP contribution in [0.4, 0.5) is 0 Å². The van der Waals surface area contributed by atoms with E-state index in [1.807, 2.05) is 39.2 Å². The Kier molecular flexibility index (Phi) is 4.88. The number of piperidine rings is 1. The van der Waals surface area contributed by atoms with E-state index in [9.17, 15) is 9.59 Å². The average Bonchev–Trinajstić information content (AvgIpc) is 3.20. The predicted molar refractivity (Wildman–Crippen MR) is 131 cm³/mol. The SMILES string of the molecule is Cc1ccc(-c2ccsc2C(=O)N2C[C@@H]3C[C@@H]3[C@H]2CNC(=O)c2c(C)nc3sccn23)cc1. The second kappa shape index (κ2) is 7.81. The molecule has 1 aliphatic carbocycles. The molecule has 2 amide bonds. The number of nitrogens with one attached hydrogen (secondary N) is 1. The van der Waals surface area contributed by atoms with E-state index in [-0.39, 0.29) is 17.9 Å². The van der Waals surface area contributed by atoms with Crippen LogP contribution in [0.15, 0.2) is 47.3 Å². The van der Waals surface area contributed by atoms with Gasteiger partial charge in [-0.15, -0.1) is 22.7 Å². The minimum absolute atomic E-state index is 0.0330. The number of aromatic nitrogens is 2. The molecule has 0 unspecified atom stereocenters. The van der Waals surface area contributed by atoms with Gasteiger partial charge in [0.1, 0.15) is 5.69 Å². The first-order valence-electron chi connectivity index (χ1n) is 11.2. The molecule has 1 aliphatic heterocycles. The van der Waals surface area contributed by atoms with Crippen molar-refractivity contribution in [1.29, 1.82) is 0 Å². The summed E-state index contributed by atoms with van der Waals surface area (Å²) in [7, 11) is 0. The fourth-order valence-corrected chi connectivity index (χ4v) is 6.71. The van der Waals surface area contributed by atoms with Gasteiger partial charge in [-0.25, -0.2) is 4.98 Å². The van der Waals surface area contributed by atoms with E-state index in [4.69, 9.17) is 0 Å². The third-order valence-corrected chi connectivity index (χ3v) is 8.57. The van der Waals surface area contributed by atoms with Crippen LogP contribution < -0.4 is 5.32 Å². The fraction of sp³-hybridized carbons (Fsp3) is 0.320. The second-order valence-electron chi connectivity index (χ2n) is 9.03. The maximum Gasteiger partial charge on any atom is 0.270 e. The van der Waals surface area contributed by atoms with Gasteiger partial charge in [0, 0.05) is 30.2 Å². The first-order valence-corrected chi connectivity index (χ1v) is 12.9. The van der Waals surface area contributed by atoms with Gasteiger partial charge in [0.15, 0.2) is 4.96 Å². The summed E-state index contributed by atoms with van der Waals surface area (Å²) >= 11 is 3.01. The quantitative estimate of drug-likeness (QED) is 0.457. The number of imidazole rings is 1. The number of aryl methyl sites for hydroxylation is 2. The molecule has 168 valence electrons. The number of fused-ring (bicyclic) bond motifs is 2. The van der Waals surface area contributed by atoms with Crippen LogP contribution in [0.25, 0.3) is 16.1 Å². The van der Waals surface area contributed by atoms with Gasteiger partial charge in [0.25, 0.3) is 11.8 Å². The summed E-state index contributed by atoms with van der Waals surface area (Å²) in [5.41, 5.74) is 4.56. The lowest BCUT2D eigenvalue weighted by molar-refractivity contribution is 0.0699. The van der Waals surface area contributed by atoms with Gasteiger partial charge in [-0.1, -0.05) is 29.8 Å². The molecule has 1 saturated carbocycles. The molecule has 1 saturated heterocycles. The van der Waals surface area contributed by atoms with Gasteiger partial charge in [-0.2, -0.15) is 0 Å². The molecule has 3 atom stereocenters. The maximum absolute atomic E-state index is 13.6. The summed E-state index contributed by atoms with van der Waals surface area (Å²) in [6.45, 7) is 5.16. The Hall–Kier alpha value is -2.97. The Morgan fingerprint density at radius 3 is 2.76 bits per heavy atom. The van der Waals surface area contributed by atoms with Crippen molar-refractivity contribution in [3.05, 3.63) is 69.1 Å². The molecule has 4 heterocycles. The lowest BCUT2D eigenvalue weighted by Gasteiger charge is -2.28. The Balaban J connectivity index is 1.21. The molecule has 0 spiro atoms. The Bertz CT molecular complexity index is 1370. The largest absolute Gasteiger partial charge is 0.349 e. The predicted octanol–water partition coefficient (Wildman–Crippen LogP) is 4.63. The molecule has 8 heteroatoms. The Morgan fingerprint density at radius 1 is 1.12 bits per heavy atom. The van der Waals surface area contributed by atoms with Crippen LogP contribution in [-0.2, 0) is 0 Å². The van der Waals surface area contributed by atoms with Crippen LogP contribution in [0, 0.1) is 25.7 Å². The lowest BCUT2D eigenvalue weighted by atomic mass is 10.0. The lowest BCUT2D eigenvalue weighted by Crippen LogP contribution is -2.45. The average molecular weight is 477 g/mol. The highest BCUT2D eigenvalue weighted by Crippen LogP contribution is 2.50. The zero-order valence-corrected chi connectivity index (χ0v) is 20.1. The normalized spacial score (nSPS) is 21.4. The zero-order valence-electron chi connectivity index (χ0n) is 18.4. The number of amides is 2. The number of nitrogens with zero attached hydrogens (tertiary/aromatic N) is 3. The van der Waals surface area contributed by atoms with Crippen molar-refractivity contribution in [3.63, 3.8) is 0 Å². The molecular formula is C25H24N4O2S2. The molecule has 2 aliphatic rings. The van der Waals surface area contributed by atoms with Gasteiger partial charge in [0.05, 0.1) is 16.6 Å². The maximum atomic E-state index is 13.6. The highest BCUT2D eigenvalue weighted by molar-refractivity contribution is 7.15. The molecule has 0 bridgehead atoms. The van der Waals surface area contributed by atoms with Crippen molar-refractivity contribution >= 4 is 39.4 Å². The van der Waals surface area contributed by atoms with E-state index in [1.54, 1.807) is 0 Å². The van der Waals surface area contributed by atoms with Crippen LogP contribution in [0.5, 0.6) is 0 Å². The van der Waals surface area contributed by atoms with E-state index in [2.05, 4.69) is 41.5 Å². The fourth-order valence-electron chi connectivity index (χ4n) is 5.08. The molecule has 0 radical (unpaired) electrons. The number of thiophene rings is 1. The monoisotopic (exact) mass is 476 g/mol. The highest BCUT2D eigenvalue weighted by Gasteiger charge is 2.54.